The Labute approximate surface area is 131 Å². The maximum atomic E-state index is 13.8. The van der Waals surface area contributed by atoms with Crippen molar-refractivity contribution in [3.05, 3.63) is 63.9 Å². The molecule has 2 aromatic rings. The Kier molecular flexibility index (Phi) is 4.07. The van der Waals surface area contributed by atoms with E-state index >= 15 is 0 Å². The molecule has 1 unspecified atom stereocenters. The number of carbonyl (C=O) groups is 1. The summed E-state index contributed by atoms with van der Waals surface area (Å²) in [4.78, 5) is 16.4. The molecule has 3 nitrogen and oxygen atoms in total. The fourth-order valence-corrected chi connectivity index (χ4v) is 2.79. The maximum Gasteiger partial charge on any atom is 0.254 e. The van der Waals surface area contributed by atoms with Crippen molar-refractivity contribution in [2.45, 2.75) is 25.3 Å². The summed E-state index contributed by atoms with van der Waals surface area (Å²) in [6, 6.07) is 5.32. The first kappa shape index (κ1) is 14.9. The van der Waals surface area contributed by atoms with E-state index in [1.807, 2.05) is 12.1 Å². The van der Waals surface area contributed by atoms with Gasteiger partial charge in [-0.2, -0.15) is 0 Å². The molecular formula is C16H13ClF2N2O. The number of carbonyl (C=O) groups excluding carboxylic acids is 1. The van der Waals surface area contributed by atoms with Crippen molar-refractivity contribution < 1.29 is 13.6 Å². The van der Waals surface area contributed by atoms with Gasteiger partial charge in [0.1, 0.15) is 11.6 Å². The molecular weight excluding hydrogens is 310 g/mol. The van der Waals surface area contributed by atoms with Crippen LogP contribution in [0.5, 0.6) is 0 Å². The quantitative estimate of drug-likeness (QED) is 0.862. The van der Waals surface area contributed by atoms with Crippen LogP contribution in [0.15, 0.2) is 30.5 Å². The SMILES string of the molecule is O=C(NC1CCc2ncccc2C1)c1cc(F)c(Cl)cc1F. The first-order chi connectivity index (χ1) is 10.5. The summed E-state index contributed by atoms with van der Waals surface area (Å²) in [5.41, 5.74) is 1.76. The fourth-order valence-electron chi connectivity index (χ4n) is 2.64. The van der Waals surface area contributed by atoms with E-state index in [4.69, 9.17) is 11.6 Å². The molecule has 1 heterocycles. The van der Waals surface area contributed by atoms with Gasteiger partial charge in [-0.1, -0.05) is 17.7 Å². The lowest BCUT2D eigenvalue weighted by molar-refractivity contribution is 0.0929. The minimum absolute atomic E-state index is 0.123. The van der Waals surface area contributed by atoms with Gasteiger partial charge in [0, 0.05) is 17.9 Å². The van der Waals surface area contributed by atoms with Crippen molar-refractivity contribution in [1.82, 2.24) is 10.3 Å². The minimum atomic E-state index is -0.832. The first-order valence-corrected chi connectivity index (χ1v) is 7.30. The third-order valence-corrected chi connectivity index (χ3v) is 4.06. The predicted molar refractivity (Wildman–Crippen MR) is 78.9 cm³/mol. The van der Waals surface area contributed by atoms with Crippen LogP contribution in [-0.4, -0.2) is 16.9 Å². The molecule has 6 heteroatoms. The molecule has 1 N–H and O–H groups in total. The number of nitrogens with one attached hydrogen (secondary N) is 1. The van der Waals surface area contributed by atoms with Gasteiger partial charge in [-0.25, -0.2) is 8.78 Å². The zero-order chi connectivity index (χ0) is 15.7. The summed E-state index contributed by atoms with van der Waals surface area (Å²) in [5, 5.41) is 2.41. The minimum Gasteiger partial charge on any atom is -0.349 e. The molecule has 0 saturated carbocycles. The fraction of sp³-hybridized carbons (Fsp3) is 0.250. The van der Waals surface area contributed by atoms with Crippen LogP contribution in [0.25, 0.3) is 0 Å². The topological polar surface area (TPSA) is 42.0 Å². The van der Waals surface area contributed by atoms with E-state index in [1.165, 1.54) is 0 Å². The second-order valence-electron chi connectivity index (χ2n) is 5.27. The van der Waals surface area contributed by atoms with Crippen molar-refractivity contribution in [3.8, 4) is 0 Å². The Morgan fingerprint density at radius 2 is 2.14 bits per heavy atom. The van der Waals surface area contributed by atoms with Crippen LogP contribution in [0.2, 0.25) is 5.02 Å². The molecule has 3 rings (SSSR count). The third-order valence-electron chi connectivity index (χ3n) is 3.77. The van der Waals surface area contributed by atoms with Crippen LogP contribution in [0.1, 0.15) is 28.0 Å². The highest BCUT2D eigenvalue weighted by molar-refractivity contribution is 6.30. The molecule has 1 atom stereocenters. The van der Waals surface area contributed by atoms with E-state index in [0.29, 0.717) is 12.8 Å². The highest BCUT2D eigenvalue weighted by Gasteiger charge is 2.23. The lowest BCUT2D eigenvalue weighted by Crippen LogP contribution is -2.39. The number of pyridine rings is 1. The summed E-state index contributed by atoms with van der Waals surface area (Å²) in [5.74, 6) is -2.28. The molecule has 1 aliphatic rings. The first-order valence-electron chi connectivity index (χ1n) is 6.93. The average Bonchev–Trinajstić information content (AvgIpc) is 2.50. The summed E-state index contributed by atoms with van der Waals surface area (Å²) < 4.78 is 27.2. The van der Waals surface area contributed by atoms with Gasteiger partial charge in [-0.05, 0) is 43.0 Å². The summed E-state index contributed by atoms with van der Waals surface area (Å²) >= 11 is 5.49. The van der Waals surface area contributed by atoms with Crippen molar-refractivity contribution in [1.29, 1.82) is 0 Å². The monoisotopic (exact) mass is 322 g/mol. The highest BCUT2D eigenvalue weighted by Crippen LogP contribution is 2.22. The molecule has 1 aromatic carbocycles. The van der Waals surface area contributed by atoms with Crippen LogP contribution in [-0.2, 0) is 12.8 Å². The lowest BCUT2D eigenvalue weighted by atomic mass is 9.91. The van der Waals surface area contributed by atoms with Gasteiger partial charge < -0.3 is 5.32 Å². The van der Waals surface area contributed by atoms with Crippen LogP contribution < -0.4 is 5.32 Å². The highest BCUT2D eigenvalue weighted by atomic mass is 35.5. The summed E-state index contributed by atoms with van der Waals surface area (Å²) in [6.45, 7) is 0. The Morgan fingerprint density at radius 3 is 2.95 bits per heavy atom. The van der Waals surface area contributed by atoms with Gasteiger partial charge in [-0.3, -0.25) is 9.78 Å². The average molecular weight is 323 g/mol. The standard InChI is InChI=1S/C16H13ClF2N2O/c17-12-8-13(18)11(7-14(12)19)16(22)21-10-3-4-15-9(6-10)2-1-5-20-15/h1-2,5,7-8,10H,3-4,6H2,(H,21,22). The second-order valence-corrected chi connectivity index (χ2v) is 5.68. The van der Waals surface area contributed by atoms with E-state index in [9.17, 15) is 13.6 Å². The summed E-state index contributed by atoms with van der Waals surface area (Å²) in [7, 11) is 0. The Hall–Kier alpha value is -2.01. The molecule has 0 spiro atoms. The molecule has 0 aliphatic heterocycles. The van der Waals surface area contributed by atoms with Crippen molar-refractivity contribution in [3.63, 3.8) is 0 Å². The van der Waals surface area contributed by atoms with E-state index < -0.39 is 17.5 Å². The smallest absolute Gasteiger partial charge is 0.254 e. The molecule has 1 aliphatic carbocycles. The second kappa shape index (κ2) is 6.01. The van der Waals surface area contributed by atoms with E-state index in [1.54, 1.807) is 6.20 Å². The van der Waals surface area contributed by atoms with Gasteiger partial charge in [0.25, 0.3) is 5.91 Å². The van der Waals surface area contributed by atoms with Gasteiger partial charge in [0.05, 0.1) is 10.6 Å². The lowest BCUT2D eigenvalue weighted by Gasteiger charge is -2.24. The van der Waals surface area contributed by atoms with Crippen LogP contribution in [0.4, 0.5) is 8.78 Å². The van der Waals surface area contributed by atoms with Crippen LogP contribution >= 0.6 is 11.6 Å². The molecule has 1 aromatic heterocycles. The molecule has 0 saturated heterocycles. The molecule has 22 heavy (non-hydrogen) atoms. The van der Waals surface area contributed by atoms with E-state index in [0.717, 1.165) is 29.8 Å². The number of nitrogens with zero attached hydrogens (tertiary/aromatic N) is 1. The number of amides is 1. The Morgan fingerprint density at radius 1 is 1.32 bits per heavy atom. The van der Waals surface area contributed by atoms with Crippen LogP contribution in [0.3, 0.4) is 0 Å². The Bertz CT molecular complexity index is 736. The zero-order valence-corrected chi connectivity index (χ0v) is 12.3. The number of fused-ring (bicyclic) bond motifs is 1. The van der Waals surface area contributed by atoms with Gasteiger partial charge in [0.2, 0.25) is 0 Å². The largest absolute Gasteiger partial charge is 0.349 e. The zero-order valence-electron chi connectivity index (χ0n) is 11.6. The number of hydrogen-bond donors (Lipinski definition) is 1. The number of halogens is 3. The molecule has 0 bridgehead atoms. The molecule has 0 radical (unpaired) electrons. The van der Waals surface area contributed by atoms with E-state index in [-0.39, 0.29) is 16.6 Å². The number of aromatic nitrogens is 1. The van der Waals surface area contributed by atoms with Gasteiger partial charge in [0.15, 0.2) is 0 Å². The predicted octanol–water partition coefficient (Wildman–Crippen LogP) is 3.30. The number of rotatable bonds is 2. The van der Waals surface area contributed by atoms with Gasteiger partial charge in [-0.15, -0.1) is 0 Å². The Balaban J connectivity index is 1.75. The summed E-state index contributed by atoms with van der Waals surface area (Å²) in [6.07, 6.45) is 3.84. The normalized spacial score (nSPS) is 17.0. The van der Waals surface area contributed by atoms with Crippen LogP contribution in [0, 0.1) is 11.6 Å². The van der Waals surface area contributed by atoms with E-state index in [2.05, 4.69) is 10.3 Å². The van der Waals surface area contributed by atoms with Crippen molar-refractivity contribution in [2.24, 2.45) is 0 Å². The number of benzene rings is 1. The maximum absolute atomic E-state index is 13.8. The molecule has 0 fully saturated rings. The van der Waals surface area contributed by atoms with Crippen molar-refractivity contribution >= 4 is 17.5 Å². The van der Waals surface area contributed by atoms with Crippen molar-refractivity contribution in [2.75, 3.05) is 0 Å². The van der Waals surface area contributed by atoms with Gasteiger partial charge >= 0.3 is 0 Å². The molecule has 114 valence electrons. The number of hydrogen-bond acceptors (Lipinski definition) is 2. The third kappa shape index (κ3) is 2.95. The molecule has 1 amide bonds. The number of aryl methyl sites for hydroxylation is 1.